The summed E-state index contributed by atoms with van der Waals surface area (Å²) in [6.07, 6.45) is 0.925. The van der Waals surface area contributed by atoms with Crippen molar-refractivity contribution in [3.8, 4) is 0 Å². The Balaban J connectivity index is 2.19. The van der Waals surface area contributed by atoms with E-state index in [0.29, 0.717) is 6.54 Å². The van der Waals surface area contributed by atoms with Crippen LogP contribution < -0.4 is 5.73 Å². The summed E-state index contributed by atoms with van der Waals surface area (Å²) in [4.78, 5) is 2.03. The van der Waals surface area contributed by atoms with Crippen LogP contribution in [0.4, 0.5) is 8.78 Å². The summed E-state index contributed by atoms with van der Waals surface area (Å²) in [5, 5.41) is 0. The number of likely N-dealkylation sites (tertiary alicyclic amines) is 1. The second-order valence-electron chi connectivity index (χ2n) is 3.55. The van der Waals surface area contributed by atoms with Gasteiger partial charge in [-0.2, -0.15) is 0 Å². The van der Waals surface area contributed by atoms with E-state index in [1.165, 1.54) is 0 Å². The molecule has 0 saturated carbocycles. The number of hydrogen-bond donors (Lipinski definition) is 1. The first-order valence-corrected chi connectivity index (χ1v) is 6.08. The highest BCUT2D eigenvalue weighted by Gasteiger charge is 2.28. The minimum Gasteiger partial charge on any atom is -0.326 e. The number of hydrogen-bond acceptors (Lipinski definition) is 2. The maximum absolute atomic E-state index is 12.9. The molecule has 2 nitrogen and oxygen atoms in total. The molecule has 13 heavy (non-hydrogen) atoms. The number of rotatable bonds is 4. The van der Waals surface area contributed by atoms with Crippen molar-refractivity contribution in [2.75, 3.05) is 26.3 Å². The van der Waals surface area contributed by atoms with E-state index < -0.39 is 5.66 Å². The molecular formula is C8H17F2N2P. The summed E-state index contributed by atoms with van der Waals surface area (Å²) in [6, 6.07) is 0.192. The van der Waals surface area contributed by atoms with Crippen LogP contribution in [0.1, 0.15) is 12.8 Å². The van der Waals surface area contributed by atoms with Crippen LogP contribution in [-0.2, 0) is 0 Å². The molecule has 1 rings (SSSR count). The Kier molecular flexibility index (Phi) is 4.02. The fourth-order valence-corrected chi connectivity index (χ4v) is 1.85. The van der Waals surface area contributed by atoms with Gasteiger partial charge in [-0.15, -0.1) is 0 Å². The van der Waals surface area contributed by atoms with E-state index in [4.69, 9.17) is 5.73 Å². The van der Waals surface area contributed by atoms with Gasteiger partial charge >= 0.3 is 0 Å². The third-order valence-corrected chi connectivity index (χ3v) is 3.40. The van der Waals surface area contributed by atoms with E-state index in [1.807, 2.05) is 4.90 Å². The number of nitrogens with two attached hydrogens (primary N) is 1. The summed E-state index contributed by atoms with van der Waals surface area (Å²) in [6.45, 7) is 3.70. The molecule has 0 aromatic carbocycles. The van der Waals surface area contributed by atoms with Crippen LogP contribution in [0.25, 0.3) is 0 Å². The van der Waals surface area contributed by atoms with E-state index in [1.54, 1.807) is 6.66 Å². The van der Waals surface area contributed by atoms with Gasteiger partial charge in [0, 0.05) is 25.6 Å². The van der Waals surface area contributed by atoms with Crippen LogP contribution in [0.15, 0.2) is 0 Å². The minimum absolute atomic E-state index is 0.0192. The lowest BCUT2D eigenvalue weighted by atomic mass is 10.3. The Morgan fingerprint density at radius 1 is 1.62 bits per heavy atom. The first-order chi connectivity index (χ1) is 6.03. The molecule has 0 amide bonds. The van der Waals surface area contributed by atoms with Gasteiger partial charge in [-0.05, 0) is 19.6 Å². The molecule has 2 atom stereocenters. The predicted molar refractivity (Wildman–Crippen MR) is 52.8 cm³/mol. The minimum atomic E-state index is -2.47. The Labute approximate surface area is 79.6 Å². The molecule has 0 spiro atoms. The molecule has 2 unspecified atom stereocenters. The number of alkyl halides is 2. The van der Waals surface area contributed by atoms with Crippen molar-refractivity contribution in [3.63, 3.8) is 0 Å². The number of nitrogens with zero attached hydrogens (tertiary/aromatic N) is 1. The van der Waals surface area contributed by atoms with Gasteiger partial charge < -0.3 is 10.6 Å². The van der Waals surface area contributed by atoms with E-state index in [0.717, 1.165) is 19.5 Å². The van der Waals surface area contributed by atoms with Gasteiger partial charge in [-0.1, -0.05) is 8.58 Å². The summed E-state index contributed by atoms with van der Waals surface area (Å²) in [5.74, 6) is 0. The average molecular weight is 210 g/mol. The highest BCUT2D eigenvalue weighted by Crippen LogP contribution is 2.35. The van der Waals surface area contributed by atoms with E-state index in [2.05, 4.69) is 0 Å². The third kappa shape index (κ3) is 3.84. The second kappa shape index (κ2) is 4.63. The first-order valence-electron chi connectivity index (χ1n) is 4.58. The van der Waals surface area contributed by atoms with Gasteiger partial charge in [-0.25, -0.2) is 8.78 Å². The molecule has 0 aromatic rings. The second-order valence-corrected chi connectivity index (χ2v) is 4.79. The lowest BCUT2D eigenvalue weighted by Gasteiger charge is -2.19. The van der Waals surface area contributed by atoms with Gasteiger partial charge in [0.1, 0.15) is 0 Å². The Bertz CT molecular complexity index is 166. The maximum Gasteiger partial charge on any atom is 0.262 e. The Morgan fingerprint density at radius 2 is 2.31 bits per heavy atom. The van der Waals surface area contributed by atoms with Gasteiger partial charge in [0.25, 0.3) is 5.66 Å². The summed E-state index contributed by atoms with van der Waals surface area (Å²) in [7, 11) is -0.290. The fourth-order valence-electron chi connectivity index (χ4n) is 1.49. The molecule has 1 aliphatic heterocycles. The predicted octanol–water partition coefficient (Wildman–Crippen LogP) is 1.31. The van der Waals surface area contributed by atoms with Crippen molar-refractivity contribution in [1.82, 2.24) is 4.90 Å². The lowest BCUT2D eigenvalue weighted by molar-refractivity contribution is 0.0791. The zero-order chi connectivity index (χ0) is 9.90. The average Bonchev–Trinajstić information content (AvgIpc) is 2.48. The SMILES string of the molecule is CPC(F)(F)CCN1CCC(N)C1. The highest BCUT2D eigenvalue weighted by molar-refractivity contribution is 7.38. The molecule has 1 fully saturated rings. The quantitative estimate of drug-likeness (QED) is 0.709. The lowest BCUT2D eigenvalue weighted by Crippen LogP contribution is -2.29. The van der Waals surface area contributed by atoms with E-state index in [-0.39, 0.29) is 21.0 Å². The van der Waals surface area contributed by atoms with Crippen molar-refractivity contribution in [1.29, 1.82) is 0 Å². The number of halogens is 2. The van der Waals surface area contributed by atoms with Gasteiger partial charge in [-0.3, -0.25) is 0 Å². The van der Waals surface area contributed by atoms with Crippen molar-refractivity contribution in [3.05, 3.63) is 0 Å². The van der Waals surface area contributed by atoms with Crippen LogP contribution in [0, 0.1) is 0 Å². The van der Waals surface area contributed by atoms with Crippen LogP contribution in [0.2, 0.25) is 0 Å². The molecule has 78 valence electrons. The third-order valence-electron chi connectivity index (χ3n) is 2.42. The molecular weight excluding hydrogens is 193 g/mol. The van der Waals surface area contributed by atoms with Crippen LogP contribution in [-0.4, -0.2) is 42.9 Å². The zero-order valence-electron chi connectivity index (χ0n) is 7.89. The monoisotopic (exact) mass is 210 g/mol. The van der Waals surface area contributed by atoms with Gasteiger partial charge in [0.15, 0.2) is 0 Å². The van der Waals surface area contributed by atoms with Gasteiger partial charge in [0.05, 0.1) is 0 Å². The molecule has 1 saturated heterocycles. The van der Waals surface area contributed by atoms with Crippen LogP contribution in [0.5, 0.6) is 0 Å². The summed E-state index contributed by atoms with van der Waals surface area (Å²) in [5.41, 5.74) is 3.20. The molecule has 1 aliphatic rings. The molecule has 0 bridgehead atoms. The largest absolute Gasteiger partial charge is 0.326 e. The zero-order valence-corrected chi connectivity index (χ0v) is 8.89. The Hall–Kier alpha value is 0.210. The first kappa shape index (κ1) is 11.3. The topological polar surface area (TPSA) is 29.3 Å². The molecule has 0 aromatic heterocycles. The molecule has 5 heteroatoms. The van der Waals surface area contributed by atoms with Gasteiger partial charge in [0.2, 0.25) is 0 Å². The van der Waals surface area contributed by atoms with Crippen molar-refractivity contribution in [2.45, 2.75) is 24.5 Å². The molecule has 1 heterocycles. The van der Waals surface area contributed by atoms with E-state index in [9.17, 15) is 8.78 Å². The molecule has 2 N–H and O–H groups in total. The maximum atomic E-state index is 12.9. The van der Waals surface area contributed by atoms with Crippen LogP contribution >= 0.6 is 8.58 Å². The van der Waals surface area contributed by atoms with Crippen molar-refractivity contribution < 1.29 is 8.78 Å². The smallest absolute Gasteiger partial charge is 0.262 e. The normalized spacial score (nSPS) is 26.3. The molecule has 0 radical (unpaired) electrons. The summed E-state index contributed by atoms with van der Waals surface area (Å²) >= 11 is 0. The molecule has 0 aliphatic carbocycles. The van der Waals surface area contributed by atoms with Crippen molar-refractivity contribution in [2.24, 2.45) is 5.73 Å². The van der Waals surface area contributed by atoms with Crippen LogP contribution in [0.3, 0.4) is 0 Å². The van der Waals surface area contributed by atoms with E-state index >= 15 is 0 Å². The Morgan fingerprint density at radius 3 is 2.77 bits per heavy atom. The standard InChI is InChI=1S/C8H17F2N2P/c1-13-8(9,10)3-5-12-4-2-7(11)6-12/h7,13H,2-6,11H2,1H3. The summed E-state index contributed by atoms with van der Waals surface area (Å²) < 4.78 is 25.7. The highest BCUT2D eigenvalue weighted by atomic mass is 31.1. The van der Waals surface area contributed by atoms with Crippen molar-refractivity contribution >= 4 is 8.58 Å². The fraction of sp³-hybridized carbons (Fsp3) is 1.00.